The number of amides is 2. The molecular formula is C30H28BrN3O4S2. The summed E-state index contributed by atoms with van der Waals surface area (Å²) in [5.41, 5.74) is 4.76. The molecule has 10 heteroatoms. The van der Waals surface area contributed by atoms with Gasteiger partial charge in [0.25, 0.3) is 5.91 Å². The number of halogens is 1. The Morgan fingerprint density at radius 1 is 1.20 bits per heavy atom. The fraction of sp³-hybridized carbons (Fsp3) is 0.400. The number of ether oxygens (including phenoxy) is 2. The Bertz CT molecular complexity index is 1430. The summed E-state index contributed by atoms with van der Waals surface area (Å²) in [6.45, 7) is 0.294. The molecule has 0 spiro atoms. The Kier molecular flexibility index (Phi) is 7.40. The zero-order valence-electron chi connectivity index (χ0n) is 21.9. The zero-order chi connectivity index (χ0) is 28.0. The Hall–Kier alpha value is -2.87. The predicted molar refractivity (Wildman–Crippen MR) is 160 cm³/mol. The van der Waals surface area contributed by atoms with Gasteiger partial charge in [-0.2, -0.15) is 10.3 Å². The molecule has 4 saturated carbocycles. The van der Waals surface area contributed by atoms with E-state index in [1.807, 2.05) is 18.2 Å². The molecule has 5 fully saturated rings. The second-order valence-corrected chi connectivity index (χ2v) is 13.8. The first-order valence-corrected chi connectivity index (χ1v) is 15.4. The zero-order valence-corrected chi connectivity index (χ0v) is 25.2. The topological polar surface area (TPSA) is 91.7 Å². The molecule has 0 atom stereocenters. The van der Waals surface area contributed by atoms with Gasteiger partial charge in [0.05, 0.1) is 33.5 Å². The highest BCUT2D eigenvalue weighted by molar-refractivity contribution is 9.10. The van der Waals surface area contributed by atoms with Crippen LogP contribution in [0, 0.1) is 34.5 Å². The maximum atomic E-state index is 13.5. The Labute approximate surface area is 251 Å². The number of nitriles is 1. The Morgan fingerprint density at radius 2 is 1.85 bits per heavy atom. The molecular weight excluding hydrogens is 610 g/mol. The van der Waals surface area contributed by atoms with E-state index in [4.69, 9.17) is 27.0 Å². The fourth-order valence-electron chi connectivity index (χ4n) is 7.12. The maximum Gasteiger partial charge on any atom is 0.285 e. The van der Waals surface area contributed by atoms with Crippen LogP contribution in [0.15, 0.2) is 45.8 Å². The van der Waals surface area contributed by atoms with E-state index in [1.54, 1.807) is 31.4 Å². The van der Waals surface area contributed by atoms with E-state index in [1.165, 1.54) is 36.0 Å². The lowest BCUT2D eigenvalue weighted by molar-refractivity contribution is -0.152. The molecule has 206 valence electrons. The number of thiocarbonyl (C=S) groups is 1. The van der Waals surface area contributed by atoms with Gasteiger partial charge in [-0.15, -0.1) is 0 Å². The Morgan fingerprint density at radius 3 is 2.45 bits per heavy atom. The van der Waals surface area contributed by atoms with E-state index in [0.717, 1.165) is 30.4 Å². The first-order chi connectivity index (χ1) is 19.3. The van der Waals surface area contributed by atoms with Crippen molar-refractivity contribution in [1.82, 2.24) is 10.4 Å². The fourth-order valence-corrected chi connectivity index (χ4v) is 8.87. The van der Waals surface area contributed by atoms with E-state index < -0.39 is 0 Å². The van der Waals surface area contributed by atoms with Crippen LogP contribution in [0.4, 0.5) is 0 Å². The van der Waals surface area contributed by atoms with Gasteiger partial charge < -0.3 is 9.47 Å². The second kappa shape index (κ2) is 10.8. The van der Waals surface area contributed by atoms with Gasteiger partial charge >= 0.3 is 0 Å². The highest BCUT2D eigenvalue weighted by Gasteiger charge is 2.55. The number of thioether (sulfide) groups is 1. The van der Waals surface area contributed by atoms with Gasteiger partial charge in [0.1, 0.15) is 6.61 Å². The number of hydrogen-bond donors (Lipinski definition) is 1. The largest absolute Gasteiger partial charge is 0.493 e. The Balaban J connectivity index is 1.16. The van der Waals surface area contributed by atoms with Crippen LogP contribution >= 0.6 is 39.9 Å². The summed E-state index contributed by atoms with van der Waals surface area (Å²) in [7, 11) is 1.56. The molecule has 2 amide bonds. The summed E-state index contributed by atoms with van der Waals surface area (Å²) in [6.07, 6.45) is 8.24. The molecule has 0 unspecified atom stereocenters. The molecule has 0 aromatic heterocycles. The van der Waals surface area contributed by atoms with Crippen LogP contribution in [-0.2, 0) is 16.2 Å². The van der Waals surface area contributed by atoms with E-state index in [2.05, 4.69) is 27.4 Å². The third-order valence-corrected chi connectivity index (χ3v) is 10.4. The van der Waals surface area contributed by atoms with Crippen molar-refractivity contribution in [3.63, 3.8) is 0 Å². The quantitative estimate of drug-likeness (QED) is 0.279. The molecule has 7 rings (SSSR count). The third kappa shape index (κ3) is 5.15. The number of hydrazine groups is 1. The van der Waals surface area contributed by atoms with Crippen molar-refractivity contribution in [3.8, 4) is 17.6 Å². The molecule has 4 bridgehead atoms. The minimum atomic E-state index is -0.367. The third-order valence-electron chi connectivity index (χ3n) is 8.54. The lowest BCUT2D eigenvalue weighted by Crippen LogP contribution is -2.57. The molecule has 1 saturated heterocycles. The predicted octanol–water partition coefficient (Wildman–Crippen LogP) is 6.36. The average molecular weight is 639 g/mol. The minimum Gasteiger partial charge on any atom is -0.493 e. The molecule has 1 aliphatic heterocycles. The van der Waals surface area contributed by atoms with Gasteiger partial charge in [-0.1, -0.05) is 23.9 Å². The van der Waals surface area contributed by atoms with Crippen LogP contribution < -0.4 is 14.9 Å². The van der Waals surface area contributed by atoms with Gasteiger partial charge in [-0.3, -0.25) is 15.0 Å². The maximum absolute atomic E-state index is 13.5. The van der Waals surface area contributed by atoms with Crippen molar-refractivity contribution < 1.29 is 19.1 Å². The number of benzene rings is 2. The van der Waals surface area contributed by atoms with Gasteiger partial charge in [-0.05, 0) is 126 Å². The molecule has 7 nitrogen and oxygen atoms in total. The molecule has 40 heavy (non-hydrogen) atoms. The van der Waals surface area contributed by atoms with Crippen LogP contribution in [0.5, 0.6) is 11.5 Å². The van der Waals surface area contributed by atoms with Gasteiger partial charge in [0.15, 0.2) is 15.8 Å². The van der Waals surface area contributed by atoms with Crippen molar-refractivity contribution in [2.24, 2.45) is 23.2 Å². The molecule has 2 aromatic rings. The summed E-state index contributed by atoms with van der Waals surface area (Å²) in [5, 5.41) is 10.2. The number of carbonyl (C=O) groups is 2. The number of carbonyl (C=O) groups excluding carboxylic acids is 2. The summed E-state index contributed by atoms with van der Waals surface area (Å²) in [6, 6.07) is 12.9. The standard InChI is InChI=1S/C30H28BrN3O4S2/c1-37-24-10-19(9-23(31)26(24)38-16-18-4-2-17(15-32)3-5-18)11-25-27(35)34(29(39)40-25)33-28(36)30-12-20-6-21(13-30)8-22(7-20)14-30/h2-5,9-11,20-22H,6-8,12-14,16H2,1H3,(H,33,36)/b25-11+. The smallest absolute Gasteiger partial charge is 0.285 e. The highest BCUT2D eigenvalue weighted by atomic mass is 79.9. The van der Waals surface area contributed by atoms with Crippen molar-refractivity contribution >= 4 is 62.1 Å². The van der Waals surface area contributed by atoms with Crippen molar-refractivity contribution in [3.05, 3.63) is 62.5 Å². The highest BCUT2D eigenvalue weighted by Crippen LogP contribution is 2.60. The van der Waals surface area contributed by atoms with Gasteiger partial charge in [-0.25, -0.2) is 0 Å². The molecule has 1 N–H and O–H groups in total. The van der Waals surface area contributed by atoms with E-state index in [9.17, 15) is 9.59 Å². The number of methoxy groups -OCH3 is 1. The number of nitrogens with one attached hydrogen (secondary N) is 1. The summed E-state index contributed by atoms with van der Waals surface area (Å²) in [4.78, 5) is 27.3. The van der Waals surface area contributed by atoms with E-state index in [-0.39, 0.29) is 17.2 Å². The number of hydrogen-bond acceptors (Lipinski definition) is 7. The summed E-state index contributed by atoms with van der Waals surface area (Å²) in [5.74, 6) is 2.54. The minimum absolute atomic E-state index is 0.0580. The van der Waals surface area contributed by atoms with Crippen LogP contribution in [-0.4, -0.2) is 28.3 Å². The van der Waals surface area contributed by atoms with Gasteiger partial charge in [0, 0.05) is 0 Å². The first-order valence-electron chi connectivity index (χ1n) is 13.4. The first kappa shape index (κ1) is 27.3. The molecule has 4 aliphatic carbocycles. The average Bonchev–Trinajstić information content (AvgIpc) is 3.18. The monoisotopic (exact) mass is 637 g/mol. The molecule has 5 aliphatic rings. The van der Waals surface area contributed by atoms with Crippen molar-refractivity contribution in [1.29, 1.82) is 5.26 Å². The lowest BCUT2D eigenvalue weighted by atomic mass is 9.49. The summed E-state index contributed by atoms with van der Waals surface area (Å²) < 4.78 is 12.6. The van der Waals surface area contributed by atoms with Crippen LogP contribution in [0.3, 0.4) is 0 Å². The molecule has 1 heterocycles. The molecule has 0 radical (unpaired) electrons. The van der Waals surface area contributed by atoms with Crippen molar-refractivity contribution in [2.75, 3.05) is 7.11 Å². The van der Waals surface area contributed by atoms with E-state index >= 15 is 0 Å². The van der Waals surface area contributed by atoms with Crippen LogP contribution in [0.1, 0.15) is 55.2 Å². The molecule has 2 aromatic carbocycles. The number of rotatable bonds is 7. The number of nitrogens with zero attached hydrogens (tertiary/aromatic N) is 2. The summed E-state index contributed by atoms with van der Waals surface area (Å²) >= 11 is 10.2. The second-order valence-electron chi connectivity index (χ2n) is 11.3. The normalized spacial score (nSPS) is 27.7. The van der Waals surface area contributed by atoms with Crippen LogP contribution in [0.25, 0.3) is 6.08 Å². The van der Waals surface area contributed by atoms with Gasteiger partial charge in [0.2, 0.25) is 5.91 Å². The lowest BCUT2D eigenvalue weighted by Gasteiger charge is -2.55. The van der Waals surface area contributed by atoms with Crippen molar-refractivity contribution in [2.45, 2.75) is 45.1 Å². The van der Waals surface area contributed by atoms with E-state index in [0.29, 0.717) is 55.1 Å². The van der Waals surface area contributed by atoms with Crippen LogP contribution in [0.2, 0.25) is 0 Å². The SMILES string of the molecule is COc1cc(/C=C2/SC(=S)N(NC(=O)C34CC5CC(CC(C5)C3)C4)C2=O)cc(Br)c1OCc1ccc(C#N)cc1.